The van der Waals surface area contributed by atoms with Crippen molar-refractivity contribution in [3.63, 3.8) is 0 Å². The Morgan fingerprint density at radius 3 is 2.06 bits per heavy atom. The fourth-order valence-corrected chi connectivity index (χ4v) is 4.03. The van der Waals surface area contributed by atoms with E-state index in [1.165, 1.54) is 19.1 Å². The number of imide groups is 1. The highest BCUT2D eigenvalue weighted by Gasteiger charge is 2.23. The number of urea groups is 1. The van der Waals surface area contributed by atoms with Gasteiger partial charge in [0.15, 0.2) is 0 Å². The van der Waals surface area contributed by atoms with Gasteiger partial charge in [-0.05, 0) is 62.8 Å². The van der Waals surface area contributed by atoms with Gasteiger partial charge in [0.25, 0.3) is 11.8 Å². The van der Waals surface area contributed by atoms with E-state index in [9.17, 15) is 33.6 Å². The van der Waals surface area contributed by atoms with Crippen molar-refractivity contribution in [2.75, 3.05) is 31.5 Å². The van der Waals surface area contributed by atoms with E-state index in [0.717, 1.165) is 16.9 Å². The Bertz CT molecular complexity index is 1190. The molecule has 0 bridgehead atoms. The molecule has 1 aromatic carbocycles. The standard InChI is InChI=1S/C27H37N5O7.C4H10N2O.C2H6/c1-19(33)39-18-20-9-11-21(12-10-20)30-24(35)17-29-27(38)22(7-4-5-15-28)31-23(34)8-3-2-6-16-32-25(36)13-14-26(32)37;1-2-3-6-4(5)7;1-2/h9-14,22H,2-8,15-18,28H2,1H3,(H,29,38)(H,30,35)(H,31,34);2-3H2,1H3,(H3,5,6,7);1-2H3. The first-order valence-corrected chi connectivity index (χ1v) is 16.3. The number of nitrogens with zero attached hydrogens (tertiary/aromatic N) is 1. The second kappa shape index (κ2) is 26.3. The molecule has 0 radical (unpaired) electrons. The molecule has 0 saturated heterocycles. The highest BCUT2D eigenvalue weighted by molar-refractivity contribution is 6.12. The summed E-state index contributed by atoms with van der Waals surface area (Å²) in [5, 5.41) is 10.4. The summed E-state index contributed by atoms with van der Waals surface area (Å²) in [7, 11) is 0. The van der Waals surface area contributed by atoms with Crippen LogP contribution < -0.4 is 32.7 Å². The Balaban J connectivity index is 0.00000217. The van der Waals surface area contributed by atoms with Crippen molar-refractivity contribution in [1.82, 2.24) is 20.9 Å². The highest BCUT2D eigenvalue weighted by Crippen LogP contribution is 2.11. The van der Waals surface area contributed by atoms with Gasteiger partial charge in [-0.15, -0.1) is 0 Å². The zero-order valence-electron chi connectivity index (χ0n) is 28.6. The lowest BCUT2D eigenvalue weighted by molar-refractivity contribution is -0.142. The van der Waals surface area contributed by atoms with Gasteiger partial charge in [0.1, 0.15) is 12.6 Å². The summed E-state index contributed by atoms with van der Waals surface area (Å²) in [6.07, 6.45) is 7.06. The van der Waals surface area contributed by atoms with Crippen molar-refractivity contribution >= 4 is 47.2 Å². The Morgan fingerprint density at radius 1 is 0.875 bits per heavy atom. The lowest BCUT2D eigenvalue weighted by Gasteiger charge is -2.18. The zero-order chi connectivity index (χ0) is 36.3. The fraction of sp³-hybridized carbons (Fsp3) is 0.545. The predicted octanol–water partition coefficient (Wildman–Crippen LogP) is 1.99. The van der Waals surface area contributed by atoms with Crippen LogP contribution in [0.25, 0.3) is 0 Å². The van der Waals surface area contributed by atoms with Crippen LogP contribution >= 0.6 is 0 Å². The second-order valence-electron chi connectivity index (χ2n) is 10.4. The van der Waals surface area contributed by atoms with Gasteiger partial charge in [0.05, 0.1) is 6.54 Å². The number of unbranched alkanes of at least 4 members (excludes halogenated alkanes) is 3. The molecule has 15 heteroatoms. The van der Waals surface area contributed by atoms with Crippen LogP contribution in [0.2, 0.25) is 0 Å². The fourth-order valence-electron chi connectivity index (χ4n) is 4.03. The van der Waals surface area contributed by atoms with Gasteiger partial charge in [-0.1, -0.05) is 39.3 Å². The number of esters is 1. The number of ether oxygens (including phenoxy) is 1. The number of primary amides is 1. The van der Waals surface area contributed by atoms with E-state index >= 15 is 0 Å². The minimum absolute atomic E-state index is 0.134. The van der Waals surface area contributed by atoms with Gasteiger partial charge in [0, 0.05) is 44.3 Å². The Morgan fingerprint density at radius 2 is 1.52 bits per heavy atom. The van der Waals surface area contributed by atoms with E-state index in [1.807, 2.05) is 20.8 Å². The van der Waals surface area contributed by atoms with Gasteiger partial charge >= 0.3 is 12.0 Å². The van der Waals surface area contributed by atoms with Crippen LogP contribution in [0.5, 0.6) is 0 Å². The molecule has 1 aromatic rings. The molecule has 1 atom stereocenters. The molecule has 8 N–H and O–H groups in total. The van der Waals surface area contributed by atoms with E-state index in [4.69, 9.17) is 16.2 Å². The molecule has 0 fully saturated rings. The zero-order valence-corrected chi connectivity index (χ0v) is 28.6. The van der Waals surface area contributed by atoms with Crippen LogP contribution in [0.15, 0.2) is 36.4 Å². The minimum Gasteiger partial charge on any atom is -0.461 e. The molecule has 48 heavy (non-hydrogen) atoms. The van der Waals surface area contributed by atoms with Crippen LogP contribution in [-0.2, 0) is 40.1 Å². The minimum atomic E-state index is -0.802. The second-order valence-corrected chi connectivity index (χ2v) is 10.4. The van der Waals surface area contributed by atoms with Crippen molar-refractivity contribution in [3.8, 4) is 0 Å². The topological polar surface area (TPSA) is 232 Å². The average molecular weight is 676 g/mol. The Hall–Kier alpha value is -4.79. The normalized spacial score (nSPS) is 12.1. The van der Waals surface area contributed by atoms with Crippen molar-refractivity contribution in [2.45, 2.75) is 91.7 Å². The van der Waals surface area contributed by atoms with Gasteiger partial charge in [-0.3, -0.25) is 33.7 Å². The van der Waals surface area contributed by atoms with Crippen molar-refractivity contribution in [3.05, 3.63) is 42.0 Å². The van der Waals surface area contributed by atoms with Gasteiger partial charge in [-0.25, -0.2) is 4.79 Å². The summed E-state index contributed by atoms with van der Waals surface area (Å²) in [5.74, 6) is -2.24. The molecule has 0 aliphatic carbocycles. The lowest BCUT2D eigenvalue weighted by Crippen LogP contribution is -2.48. The third-order valence-corrected chi connectivity index (χ3v) is 6.44. The number of hydrogen-bond acceptors (Lipinski definition) is 9. The SMILES string of the molecule is CC.CC(=O)OCc1ccc(NC(=O)CNC(=O)C(CCCCN)NC(=O)CCCCCN2C(=O)C=CC2=O)cc1.CCCNC(N)=O. The third-order valence-electron chi connectivity index (χ3n) is 6.44. The van der Waals surface area contributed by atoms with E-state index < -0.39 is 23.9 Å². The first-order valence-electron chi connectivity index (χ1n) is 16.3. The maximum absolute atomic E-state index is 12.7. The van der Waals surface area contributed by atoms with Gasteiger partial charge < -0.3 is 37.5 Å². The number of carbonyl (C=O) groups excluding carboxylic acids is 7. The van der Waals surface area contributed by atoms with E-state index in [-0.39, 0.29) is 43.3 Å². The van der Waals surface area contributed by atoms with Crippen LogP contribution in [0, 0.1) is 0 Å². The van der Waals surface area contributed by atoms with Crippen LogP contribution in [0.4, 0.5) is 10.5 Å². The quantitative estimate of drug-likeness (QED) is 0.0714. The molecule has 0 spiro atoms. The Labute approximate surface area is 282 Å². The Kier molecular flexibility index (Phi) is 23.7. The van der Waals surface area contributed by atoms with Crippen molar-refractivity contribution < 1.29 is 38.3 Å². The molecule has 7 amide bonds. The summed E-state index contributed by atoms with van der Waals surface area (Å²) >= 11 is 0. The van der Waals surface area contributed by atoms with E-state index in [2.05, 4.69) is 21.3 Å². The largest absolute Gasteiger partial charge is 0.461 e. The monoisotopic (exact) mass is 675 g/mol. The molecule has 1 heterocycles. The van der Waals surface area contributed by atoms with Crippen molar-refractivity contribution in [2.24, 2.45) is 11.5 Å². The molecule has 0 aromatic heterocycles. The number of carbonyl (C=O) groups is 7. The molecule has 0 saturated carbocycles. The molecular formula is C33H53N7O8. The van der Waals surface area contributed by atoms with Crippen LogP contribution in [0.3, 0.4) is 0 Å². The molecule has 268 valence electrons. The maximum atomic E-state index is 12.7. The average Bonchev–Trinajstić information content (AvgIpc) is 3.39. The number of hydrogen-bond donors (Lipinski definition) is 6. The smallest absolute Gasteiger partial charge is 0.312 e. The molecule has 1 unspecified atom stereocenters. The molecule has 15 nitrogen and oxygen atoms in total. The summed E-state index contributed by atoms with van der Waals surface area (Å²) in [6.45, 7) is 8.59. The number of anilines is 1. The molecule has 1 aliphatic rings. The summed E-state index contributed by atoms with van der Waals surface area (Å²) < 4.78 is 4.92. The predicted molar refractivity (Wildman–Crippen MR) is 182 cm³/mol. The van der Waals surface area contributed by atoms with Crippen LogP contribution in [-0.4, -0.2) is 78.7 Å². The number of benzene rings is 1. The molecule has 1 aliphatic heterocycles. The number of amides is 7. The third kappa shape index (κ3) is 20.4. The summed E-state index contributed by atoms with van der Waals surface area (Å²) in [6, 6.07) is 5.49. The first-order chi connectivity index (χ1) is 23.0. The number of rotatable bonds is 19. The highest BCUT2D eigenvalue weighted by atomic mass is 16.5. The lowest BCUT2D eigenvalue weighted by atomic mass is 10.1. The summed E-state index contributed by atoms with van der Waals surface area (Å²) in [4.78, 5) is 82.6. The number of nitrogens with one attached hydrogen (secondary N) is 4. The first kappa shape index (κ1) is 43.2. The van der Waals surface area contributed by atoms with E-state index in [1.54, 1.807) is 24.3 Å². The van der Waals surface area contributed by atoms with Gasteiger partial charge in [0.2, 0.25) is 17.7 Å². The maximum Gasteiger partial charge on any atom is 0.312 e. The van der Waals surface area contributed by atoms with Gasteiger partial charge in [-0.2, -0.15) is 0 Å². The summed E-state index contributed by atoms with van der Waals surface area (Å²) in [5.41, 5.74) is 11.6. The van der Waals surface area contributed by atoms with E-state index in [0.29, 0.717) is 63.8 Å². The molecule has 2 rings (SSSR count). The van der Waals surface area contributed by atoms with Crippen LogP contribution in [0.1, 0.15) is 84.6 Å². The van der Waals surface area contributed by atoms with Crippen molar-refractivity contribution in [1.29, 1.82) is 0 Å². The molecular weight excluding hydrogens is 622 g/mol. The number of nitrogens with two attached hydrogens (primary N) is 2.